The largest absolute Gasteiger partial charge is 0.480 e. The van der Waals surface area contributed by atoms with E-state index < -0.39 is 29.4 Å². The van der Waals surface area contributed by atoms with E-state index in [0.29, 0.717) is 6.08 Å². The lowest BCUT2D eigenvalue weighted by Crippen LogP contribution is -2.31. The van der Waals surface area contributed by atoms with Crippen molar-refractivity contribution in [2.45, 2.75) is 12.5 Å². The number of rotatable bonds is 3. The third-order valence-electron chi connectivity index (χ3n) is 1.87. The molecule has 0 bridgehead atoms. The summed E-state index contributed by atoms with van der Waals surface area (Å²) in [4.78, 5) is 32.0. The van der Waals surface area contributed by atoms with Gasteiger partial charge in [-0.25, -0.2) is 4.39 Å². The van der Waals surface area contributed by atoms with Crippen LogP contribution < -0.4 is 5.73 Å². The van der Waals surface area contributed by atoms with Crippen molar-refractivity contribution >= 4 is 17.5 Å². The first-order chi connectivity index (χ1) is 6.91. The molecule has 0 amide bonds. The molecule has 0 aromatic rings. The minimum Gasteiger partial charge on any atom is -0.480 e. The van der Waals surface area contributed by atoms with Crippen LogP contribution in [0.3, 0.4) is 0 Å². The molecule has 0 aromatic carbocycles. The summed E-state index contributed by atoms with van der Waals surface area (Å²) in [6.45, 7) is 0. The van der Waals surface area contributed by atoms with Gasteiger partial charge in [0.05, 0.1) is 0 Å². The number of nitrogens with two attached hydrogens (primary N) is 1. The molecule has 5 nitrogen and oxygen atoms in total. The lowest BCUT2D eigenvalue weighted by Gasteiger charge is -2.11. The standard InChI is InChI=1S/C9H8FNO4/c10-5-3-8(13)7(12)2-4(5)1-6(11)9(14)15/h2-3,6H,1,11H2,(H,14,15)/t6-/m0/s1. The molecule has 1 aliphatic rings. The van der Waals surface area contributed by atoms with E-state index in [1.807, 2.05) is 0 Å². The third-order valence-corrected chi connectivity index (χ3v) is 1.87. The zero-order chi connectivity index (χ0) is 11.6. The molecule has 0 fully saturated rings. The van der Waals surface area contributed by atoms with Gasteiger partial charge >= 0.3 is 5.97 Å². The SMILES string of the molecule is N[C@@H](CC1=CC(=O)C(=O)C=C1F)C(=O)O. The summed E-state index contributed by atoms with van der Waals surface area (Å²) in [5, 5.41) is 8.47. The molecule has 0 saturated carbocycles. The number of aliphatic carboxylic acids is 1. The number of carboxylic acid groups (broad SMARTS) is 1. The van der Waals surface area contributed by atoms with Gasteiger partial charge in [0.2, 0.25) is 11.6 Å². The number of ketones is 2. The Morgan fingerprint density at radius 1 is 1.40 bits per heavy atom. The van der Waals surface area contributed by atoms with Crippen LogP contribution >= 0.6 is 0 Å². The smallest absolute Gasteiger partial charge is 0.320 e. The van der Waals surface area contributed by atoms with Crippen molar-refractivity contribution < 1.29 is 23.9 Å². The van der Waals surface area contributed by atoms with Gasteiger partial charge < -0.3 is 10.8 Å². The van der Waals surface area contributed by atoms with Crippen molar-refractivity contribution in [3.8, 4) is 0 Å². The van der Waals surface area contributed by atoms with Crippen LogP contribution in [0, 0.1) is 0 Å². The average molecular weight is 213 g/mol. The number of halogens is 1. The van der Waals surface area contributed by atoms with E-state index in [2.05, 4.69) is 0 Å². The second-order valence-electron chi connectivity index (χ2n) is 3.04. The summed E-state index contributed by atoms with van der Waals surface area (Å²) < 4.78 is 13.1. The number of hydrogen-bond acceptors (Lipinski definition) is 4. The van der Waals surface area contributed by atoms with Crippen LogP contribution in [0.1, 0.15) is 6.42 Å². The summed E-state index contributed by atoms with van der Waals surface area (Å²) in [5.74, 6) is -4.03. The Balaban J connectivity index is 2.84. The monoisotopic (exact) mass is 213 g/mol. The maximum absolute atomic E-state index is 13.1. The Bertz CT molecular complexity index is 397. The first kappa shape index (κ1) is 11.3. The summed E-state index contributed by atoms with van der Waals surface area (Å²) in [5.41, 5.74) is 5.00. The van der Waals surface area contributed by atoms with Crippen molar-refractivity contribution in [3.05, 3.63) is 23.6 Å². The van der Waals surface area contributed by atoms with Crippen molar-refractivity contribution in [1.82, 2.24) is 0 Å². The Morgan fingerprint density at radius 3 is 2.47 bits per heavy atom. The Labute approximate surface area is 84.1 Å². The van der Waals surface area contributed by atoms with E-state index in [9.17, 15) is 18.8 Å². The van der Waals surface area contributed by atoms with Gasteiger partial charge in [-0.1, -0.05) is 0 Å². The number of carbonyl (C=O) groups is 3. The minimum atomic E-state index is -1.30. The van der Waals surface area contributed by atoms with E-state index in [-0.39, 0.29) is 12.0 Å². The molecule has 0 aromatic heterocycles. The molecule has 1 rings (SSSR count). The summed E-state index contributed by atoms with van der Waals surface area (Å²) in [7, 11) is 0. The van der Waals surface area contributed by atoms with Crippen LogP contribution in [0.25, 0.3) is 0 Å². The van der Waals surface area contributed by atoms with Crippen LogP contribution in [0.4, 0.5) is 4.39 Å². The molecule has 0 radical (unpaired) electrons. The number of carbonyl (C=O) groups excluding carboxylic acids is 2. The van der Waals surface area contributed by atoms with E-state index in [1.54, 1.807) is 0 Å². The van der Waals surface area contributed by atoms with Gasteiger partial charge in [0.1, 0.15) is 11.9 Å². The quantitative estimate of drug-likeness (QED) is 0.496. The minimum absolute atomic E-state index is 0.158. The molecule has 3 N–H and O–H groups in total. The summed E-state index contributed by atoms with van der Waals surface area (Å²) in [6.07, 6.45) is 0.989. The van der Waals surface area contributed by atoms with Crippen molar-refractivity contribution in [2.24, 2.45) is 5.73 Å². The molecule has 0 saturated heterocycles. The molecule has 6 heteroatoms. The normalized spacial score (nSPS) is 18.3. The van der Waals surface area contributed by atoms with Crippen molar-refractivity contribution in [2.75, 3.05) is 0 Å². The van der Waals surface area contributed by atoms with Gasteiger partial charge in [0.15, 0.2) is 0 Å². The molecule has 80 valence electrons. The van der Waals surface area contributed by atoms with Crippen molar-refractivity contribution in [3.63, 3.8) is 0 Å². The van der Waals surface area contributed by atoms with Gasteiger partial charge in [-0.3, -0.25) is 14.4 Å². The highest BCUT2D eigenvalue weighted by Gasteiger charge is 2.23. The highest BCUT2D eigenvalue weighted by Crippen LogP contribution is 2.20. The molecular formula is C9H8FNO4. The second-order valence-corrected chi connectivity index (χ2v) is 3.04. The van der Waals surface area contributed by atoms with Gasteiger partial charge in [0.25, 0.3) is 0 Å². The third kappa shape index (κ3) is 2.57. The fraction of sp³-hybridized carbons (Fsp3) is 0.222. The Morgan fingerprint density at radius 2 is 1.93 bits per heavy atom. The summed E-state index contributed by atoms with van der Waals surface area (Å²) in [6, 6.07) is -1.29. The topological polar surface area (TPSA) is 97.5 Å². The fourth-order valence-corrected chi connectivity index (χ4v) is 1.06. The van der Waals surface area contributed by atoms with E-state index in [0.717, 1.165) is 6.08 Å². The number of carboxylic acids is 1. The predicted octanol–water partition coefficient (Wildman–Crippen LogP) is -0.280. The first-order valence-electron chi connectivity index (χ1n) is 4.06. The second kappa shape index (κ2) is 4.14. The lowest BCUT2D eigenvalue weighted by atomic mass is 9.98. The molecule has 15 heavy (non-hydrogen) atoms. The van der Waals surface area contributed by atoms with Gasteiger partial charge in [-0.05, 0) is 11.6 Å². The highest BCUT2D eigenvalue weighted by atomic mass is 19.1. The van der Waals surface area contributed by atoms with E-state index in [1.165, 1.54) is 0 Å². The van der Waals surface area contributed by atoms with E-state index >= 15 is 0 Å². The molecule has 0 heterocycles. The maximum atomic E-state index is 13.1. The van der Waals surface area contributed by atoms with Crippen LogP contribution in [-0.4, -0.2) is 28.7 Å². The van der Waals surface area contributed by atoms with Gasteiger partial charge in [-0.2, -0.15) is 0 Å². The molecule has 0 aliphatic heterocycles. The Hall–Kier alpha value is -1.82. The number of hydrogen-bond donors (Lipinski definition) is 2. The lowest BCUT2D eigenvalue weighted by molar-refractivity contribution is -0.138. The van der Waals surface area contributed by atoms with Crippen LogP contribution in [-0.2, 0) is 14.4 Å². The fourth-order valence-electron chi connectivity index (χ4n) is 1.06. The molecular weight excluding hydrogens is 205 g/mol. The van der Waals surface area contributed by atoms with Crippen LogP contribution in [0.5, 0.6) is 0 Å². The molecule has 1 atom stereocenters. The van der Waals surface area contributed by atoms with Crippen LogP contribution in [0.2, 0.25) is 0 Å². The Kier molecular flexibility index (Phi) is 3.11. The summed E-state index contributed by atoms with van der Waals surface area (Å²) >= 11 is 0. The predicted molar refractivity (Wildman–Crippen MR) is 47.5 cm³/mol. The van der Waals surface area contributed by atoms with Gasteiger partial charge in [-0.15, -0.1) is 0 Å². The molecule has 0 spiro atoms. The maximum Gasteiger partial charge on any atom is 0.320 e. The van der Waals surface area contributed by atoms with Crippen LogP contribution in [0.15, 0.2) is 23.6 Å². The number of allylic oxidation sites excluding steroid dienone is 3. The van der Waals surface area contributed by atoms with Gasteiger partial charge in [0, 0.05) is 12.5 Å². The zero-order valence-corrected chi connectivity index (χ0v) is 7.57. The zero-order valence-electron chi connectivity index (χ0n) is 7.57. The molecule has 1 aliphatic carbocycles. The van der Waals surface area contributed by atoms with Crippen molar-refractivity contribution in [1.29, 1.82) is 0 Å². The average Bonchev–Trinajstić information content (AvgIpc) is 2.13. The first-order valence-corrected chi connectivity index (χ1v) is 4.06. The molecule has 0 unspecified atom stereocenters. The highest BCUT2D eigenvalue weighted by molar-refractivity contribution is 6.46. The van der Waals surface area contributed by atoms with E-state index in [4.69, 9.17) is 10.8 Å².